The quantitative estimate of drug-likeness (QED) is 0.150. The van der Waals surface area contributed by atoms with Crippen LogP contribution in [-0.4, -0.2) is 4.57 Å². The summed E-state index contributed by atoms with van der Waals surface area (Å²) in [7, 11) is 0. The molecular formula is C73H49N3. The predicted octanol–water partition coefficient (Wildman–Crippen LogP) is 19.4. The van der Waals surface area contributed by atoms with Gasteiger partial charge < -0.3 is 14.4 Å². The van der Waals surface area contributed by atoms with Gasteiger partial charge in [-0.1, -0.05) is 212 Å². The minimum atomic E-state index is -0.610. The van der Waals surface area contributed by atoms with Gasteiger partial charge >= 0.3 is 0 Å². The highest BCUT2D eigenvalue weighted by atomic mass is 15.2. The van der Waals surface area contributed by atoms with Crippen LogP contribution in [0.5, 0.6) is 0 Å². The van der Waals surface area contributed by atoms with Crippen LogP contribution in [0.3, 0.4) is 0 Å². The second-order valence-corrected chi connectivity index (χ2v) is 20.0. The monoisotopic (exact) mass is 967 g/mol. The molecule has 2 heterocycles. The van der Waals surface area contributed by atoms with E-state index < -0.39 is 5.41 Å². The van der Waals surface area contributed by atoms with E-state index in [9.17, 15) is 0 Å². The van der Waals surface area contributed by atoms with Crippen molar-refractivity contribution >= 4 is 55.9 Å². The zero-order valence-corrected chi connectivity index (χ0v) is 41.6. The van der Waals surface area contributed by atoms with Crippen LogP contribution in [0.15, 0.2) is 297 Å². The summed E-state index contributed by atoms with van der Waals surface area (Å²) in [6.07, 6.45) is 0. The van der Waals surface area contributed by atoms with Gasteiger partial charge in [-0.25, -0.2) is 0 Å². The minimum Gasteiger partial charge on any atom is -0.310 e. The highest BCUT2D eigenvalue weighted by molar-refractivity contribution is 6.09. The lowest BCUT2D eigenvalue weighted by molar-refractivity contribution is 0.752. The fraction of sp³-hybridized carbons (Fsp3) is 0.0137. The highest BCUT2D eigenvalue weighted by Crippen LogP contribution is 2.64. The third kappa shape index (κ3) is 6.69. The highest BCUT2D eigenvalue weighted by Gasteiger charge is 2.52. The Morgan fingerprint density at radius 3 is 1.47 bits per heavy atom. The van der Waals surface area contributed by atoms with Gasteiger partial charge in [0.1, 0.15) is 0 Å². The van der Waals surface area contributed by atoms with E-state index in [2.05, 4.69) is 312 Å². The van der Waals surface area contributed by atoms with E-state index in [0.717, 1.165) is 50.7 Å². The summed E-state index contributed by atoms with van der Waals surface area (Å²) in [6.45, 7) is 0. The fourth-order valence-electron chi connectivity index (χ4n) is 12.8. The third-order valence-corrected chi connectivity index (χ3v) is 16.0. The van der Waals surface area contributed by atoms with Gasteiger partial charge in [-0.3, -0.25) is 0 Å². The largest absolute Gasteiger partial charge is 0.310 e. The molecule has 0 saturated heterocycles. The smallest absolute Gasteiger partial charge is 0.0755 e. The molecule has 0 N–H and O–H groups in total. The van der Waals surface area contributed by atoms with Crippen molar-refractivity contribution in [2.45, 2.75) is 5.41 Å². The number of anilines is 6. The number of benzene rings is 12. The fourth-order valence-corrected chi connectivity index (χ4v) is 12.8. The number of nitrogens with zero attached hydrogens (tertiary/aromatic N) is 3. The van der Waals surface area contributed by atoms with Gasteiger partial charge in [0.25, 0.3) is 0 Å². The van der Waals surface area contributed by atoms with Crippen molar-refractivity contribution in [2.24, 2.45) is 0 Å². The molecule has 1 aliphatic carbocycles. The van der Waals surface area contributed by atoms with Crippen molar-refractivity contribution in [2.75, 3.05) is 9.80 Å². The van der Waals surface area contributed by atoms with Crippen LogP contribution in [-0.2, 0) is 5.41 Å². The SMILES string of the molecule is c1ccc(-c2cccc(-c3ccccc3N(c3ccc(-c4cccc(-n5c6ccccc6c6ccccc65)c4)cc3)c3ccc4c(c3)C3(c5ccccc5-4)c4ccccc4N(c4ccccc4)c4ccccc43)c2)cc1. The first-order valence-corrected chi connectivity index (χ1v) is 26.3. The van der Waals surface area contributed by atoms with E-state index in [1.807, 2.05) is 0 Å². The molecule has 3 nitrogen and oxygen atoms in total. The summed E-state index contributed by atoms with van der Waals surface area (Å²) >= 11 is 0. The van der Waals surface area contributed by atoms with Gasteiger partial charge in [-0.05, 0) is 146 Å². The molecule has 12 aromatic carbocycles. The summed E-state index contributed by atoms with van der Waals surface area (Å²) in [5, 5.41) is 2.51. The van der Waals surface area contributed by atoms with Crippen LogP contribution in [0.2, 0.25) is 0 Å². The average Bonchev–Trinajstić information content (AvgIpc) is 4.20. The summed E-state index contributed by atoms with van der Waals surface area (Å²) in [6, 6.07) is 109. The zero-order valence-electron chi connectivity index (χ0n) is 41.6. The first-order valence-electron chi connectivity index (χ1n) is 26.3. The molecule has 0 fully saturated rings. The Labute approximate surface area is 443 Å². The number of aromatic nitrogens is 1. The maximum absolute atomic E-state index is 2.50. The van der Waals surface area contributed by atoms with Crippen molar-refractivity contribution in [1.82, 2.24) is 4.57 Å². The Hall–Kier alpha value is -9.96. The van der Waals surface area contributed by atoms with Crippen molar-refractivity contribution < 1.29 is 0 Å². The Balaban J connectivity index is 0.927. The molecule has 0 saturated carbocycles. The standard InChI is InChI=1S/C73H49N3/c1-3-21-50(22-4-1)52-23-19-25-54(47-52)59-29-8-14-36-68(59)74(56-43-41-51(42-44-56)53-24-20-28-57(48-53)76-69-37-15-9-31-62(69)63-32-10-16-38-70(63)76)58-45-46-61-60-30-7-11-33-64(60)73(67(61)49-58)65-34-12-17-39-71(65)75(55-26-5-2-6-27-55)72-40-18-13-35-66(72)73/h1-49H. The molecule has 1 aliphatic heterocycles. The van der Waals surface area contributed by atoms with Crippen molar-refractivity contribution in [1.29, 1.82) is 0 Å². The van der Waals surface area contributed by atoms with Crippen LogP contribution in [0.1, 0.15) is 22.3 Å². The van der Waals surface area contributed by atoms with Gasteiger partial charge in [0.15, 0.2) is 0 Å². The van der Waals surface area contributed by atoms with Crippen molar-refractivity contribution in [3.63, 3.8) is 0 Å². The lowest BCUT2D eigenvalue weighted by Gasteiger charge is -2.45. The van der Waals surface area contributed by atoms with Gasteiger partial charge in [-0.15, -0.1) is 0 Å². The van der Waals surface area contributed by atoms with Crippen molar-refractivity contribution in [3.05, 3.63) is 320 Å². The summed E-state index contributed by atoms with van der Waals surface area (Å²) in [4.78, 5) is 4.93. The molecule has 15 rings (SSSR count). The normalized spacial score (nSPS) is 12.8. The number of para-hydroxylation sites is 6. The second kappa shape index (κ2) is 17.6. The number of hydrogen-bond acceptors (Lipinski definition) is 2. The van der Waals surface area contributed by atoms with Crippen LogP contribution in [0, 0.1) is 0 Å². The van der Waals surface area contributed by atoms with E-state index >= 15 is 0 Å². The maximum atomic E-state index is 2.50. The molecule has 0 unspecified atom stereocenters. The van der Waals surface area contributed by atoms with Crippen LogP contribution in [0.4, 0.5) is 34.1 Å². The topological polar surface area (TPSA) is 11.4 Å². The van der Waals surface area contributed by atoms with E-state index in [1.54, 1.807) is 0 Å². The van der Waals surface area contributed by atoms with Crippen molar-refractivity contribution in [3.8, 4) is 50.2 Å². The van der Waals surface area contributed by atoms with E-state index in [4.69, 9.17) is 0 Å². The molecule has 1 aromatic heterocycles. The minimum absolute atomic E-state index is 0.610. The number of rotatable bonds is 8. The summed E-state index contributed by atoms with van der Waals surface area (Å²) < 4.78 is 2.40. The molecular weight excluding hydrogens is 919 g/mol. The molecule has 356 valence electrons. The molecule has 13 aromatic rings. The number of hydrogen-bond donors (Lipinski definition) is 0. The molecule has 1 spiro atoms. The molecule has 0 amide bonds. The zero-order chi connectivity index (χ0) is 50.2. The first kappa shape index (κ1) is 43.6. The molecule has 76 heavy (non-hydrogen) atoms. The lowest BCUT2D eigenvalue weighted by atomic mass is 9.64. The van der Waals surface area contributed by atoms with Crippen LogP contribution in [0.25, 0.3) is 72.0 Å². The Kier molecular flexibility index (Phi) is 10.1. The van der Waals surface area contributed by atoms with Gasteiger partial charge in [0, 0.05) is 39.1 Å². The average molecular weight is 968 g/mol. The number of fused-ring (bicyclic) bond motifs is 12. The summed E-state index contributed by atoms with van der Waals surface area (Å²) in [5.41, 5.74) is 24.3. The van der Waals surface area contributed by atoms with Gasteiger partial charge in [0.05, 0.1) is 33.5 Å². The summed E-state index contributed by atoms with van der Waals surface area (Å²) in [5.74, 6) is 0. The van der Waals surface area contributed by atoms with E-state index in [0.29, 0.717) is 0 Å². The van der Waals surface area contributed by atoms with Crippen LogP contribution >= 0.6 is 0 Å². The molecule has 3 heteroatoms. The Bertz CT molecular complexity index is 4260. The lowest BCUT2D eigenvalue weighted by Crippen LogP contribution is -2.36. The predicted molar refractivity (Wildman–Crippen MR) is 317 cm³/mol. The van der Waals surface area contributed by atoms with Gasteiger partial charge in [0.2, 0.25) is 0 Å². The van der Waals surface area contributed by atoms with Gasteiger partial charge in [-0.2, -0.15) is 0 Å². The molecule has 0 bridgehead atoms. The third-order valence-electron chi connectivity index (χ3n) is 16.0. The maximum Gasteiger partial charge on any atom is 0.0755 e. The van der Waals surface area contributed by atoms with E-state index in [1.165, 1.54) is 77.7 Å². The molecule has 0 atom stereocenters. The first-order chi connectivity index (χ1) is 37.7. The second-order valence-electron chi connectivity index (χ2n) is 20.0. The Morgan fingerprint density at radius 2 is 0.763 bits per heavy atom. The van der Waals surface area contributed by atoms with Crippen LogP contribution < -0.4 is 9.80 Å². The van der Waals surface area contributed by atoms with E-state index in [-0.39, 0.29) is 0 Å². The molecule has 0 radical (unpaired) electrons. The Morgan fingerprint density at radius 1 is 0.276 bits per heavy atom. The molecule has 2 aliphatic rings.